The number of amides is 1. The summed E-state index contributed by atoms with van der Waals surface area (Å²) < 4.78 is 0. The molecule has 0 radical (unpaired) electrons. The molecule has 0 atom stereocenters. The second kappa shape index (κ2) is 8.78. The van der Waals surface area contributed by atoms with Crippen LogP contribution in [0.2, 0.25) is 0 Å². The van der Waals surface area contributed by atoms with Crippen LogP contribution in [0.15, 0.2) is 28.7 Å². The van der Waals surface area contributed by atoms with Gasteiger partial charge >= 0.3 is 0 Å². The fourth-order valence-electron chi connectivity index (χ4n) is 2.71. The Kier molecular flexibility index (Phi) is 6.73. The molecule has 0 bridgehead atoms. The van der Waals surface area contributed by atoms with Crippen molar-refractivity contribution in [3.8, 4) is 0 Å². The molecule has 0 saturated heterocycles. The van der Waals surface area contributed by atoms with Gasteiger partial charge in [-0.2, -0.15) is 5.10 Å². The van der Waals surface area contributed by atoms with E-state index in [0.717, 1.165) is 24.8 Å². The molecule has 2 aromatic rings. The normalized spacial score (nSPS) is 11.2. The number of thiophene rings is 1. The van der Waals surface area contributed by atoms with Gasteiger partial charge in [-0.3, -0.25) is 4.79 Å². The molecule has 0 fully saturated rings. The Morgan fingerprint density at radius 3 is 2.50 bits per heavy atom. The van der Waals surface area contributed by atoms with Crippen LogP contribution in [0.5, 0.6) is 0 Å². The Hall–Kier alpha value is -1.94. The second-order valence-electron chi connectivity index (χ2n) is 6.25. The van der Waals surface area contributed by atoms with Crippen molar-refractivity contribution in [2.24, 2.45) is 5.10 Å². The highest BCUT2D eigenvalue weighted by Crippen LogP contribution is 2.19. The Morgan fingerprint density at radius 1 is 1.17 bits per heavy atom. The maximum Gasteiger partial charge on any atom is 0.240 e. The molecule has 2 rings (SSSR count). The molecule has 24 heavy (non-hydrogen) atoms. The van der Waals surface area contributed by atoms with Gasteiger partial charge in [0.2, 0.25) is 5.91 Å². The molecule has 1 amide bonds. The second-order valence-corrected chi connectivity index (χ2v) is 7.29. The molecular formula is C20H26N2OS. The Balaban J connectivity index is 1.80. The van der Waals surface area contributed by atoms with Crippen molar-refractivity contribution in [1.29, 1.82) is 0 Å². The summed E-state index contributed by atoms with van der Waals surface area (Å²) in [5.41, 5.74) is 8.68. The quantitative estimate of drug-likeness (QED) is 0.436. The van der Waals surface area contributed by atoms with Gasteiger partial charge in [0.15, 0.2) is 0 Å². The van der Waals surface area contributed by atoms with E-state index in [1.807, 2.05) is 0 Å². The van der Waals surface area contributed by atoms with Crippen molar-refractivity contribution in [3.05, 3.63) is 56.3 Å². The Morgan fingerprint density at radius 2 is 1.88 bits per heavy atom. The molecule has 1 heterocycles. The molecule has 0 unspecified atom stereocenters. The Bertz CT molecular complexity index is 691. The first-order valence-electron chi connectivity index (χ1n) is 8.40. The monoisotopic (exact) mass is 342 g/mol. The lowest BCUT2D eigenvalue weighted by atomic mass is 9.95. The van der Waals surface area contributed by atoms with Gasteiger partial charge in [0.25, 0.3) is 0 Å². The van der Waals surface area contributed by atoms with Crippen LogP contribution in [0.1, 0.15) is 52.0 Å². The van der Waals surface area contributed by atoms with Crippen LogP contribution in [0, 0.1) is 27.7 Å². The summed E-state index contributed by atoms with van der Waals surface area (Å²) in [7, 11) is 0. The van der Waals surface area contributed by atoms with Gasteiger partial charge in [0.05, 0.1) is 6.21 Å². The third-order valence-corrected chi connectivity index (χ3v) is 5.40. The zero-order valence-electron chi connectivity index (χ0n) is 15.0. The van der Waals surface area contributed by atoms with Gasteiger partial charge in [-0.15, -0.1) is 11.3 Å². The van der Waals surface area contributed by atoms with Gasteiger partial charge in [-0.1, -0.05) is 12.1 Å². The van der Waals surface area contributed by atoms with E-state index in [9.17, 15) is 4.79 Å². The third-order valence-electron chi connectivity index (χ3n) is 4.46. The first-order chi connectivity index (χ1) is 11.5. The topological polar surface area (TPSA) is 41.5 Å². The number of benzene rings is 1. The lowest BCUT2D eigenvalue weighted by molar-refractivity contribution is -0.121. The van der Waals surface area contributed by atoms with Crippen molar-refractivity contribution in [3.63, 3.8) is 0 Å². The van der Waals surface area contributed by atoms with Crippen LogP contribution in [0.3, 0.4) is 0 Å². The standard InChI is InChI=1S/C20H26N2OS/c1-14-12-15(2)17(4)19(16(14)3)13-21-22-20(23)10-6-5-8-18-9-7-11-24-18/h7,9,11-13H,5-6,8,10H2,1-4H3,(H,22,23). The highest BCUT2D eigenvalue weighted by atomic mass is 32.1. The first-order valence-corrected chi connectivity index (χ1v) is 9.28. The van der Waals surface area contributed by atoms with Crippen LogP contribution >= 0.6 is 11.3 Å². The molecule has 0 saturated carbocycles. The lowest BCUT2D eigenvalue weighted by Crippen LogP contribution is -2.17. The predicted molar refractivity (Wildman–Crippen MR) is 103 cm³/mol. The summed E-state index contributed by atoms with van der Waals surface area (Å²) in [6.07, 6.45) is 5.27. The first kappa shape index (κ1) is 18.4. The molecule has 0 spiro atoms. The maximum absolute atomic E-state index is 11.9. The number of hydrogen-bond donors (Lipinski definition) is 1. The highest BCUT2D eigenvalue weighted by molar-refractivity contribution is 7.09. The molecule has 1 N–H and O–H groups in total. The van der Waals surface area contributed by atoms with E-state index in [2.05, 4.69) is 61.8 Å². The molecule has 3 nitrogen and oxygen atoms in total. The van der Waals surface area contributed by atoms with Gasteiger partial charge in [0.1, 0.15) is 0 Å². The van der Waals surface area contributed by atoms with Crippen molar-refractivity contribution in [1.82, 2.24) is 5.43 Å². The summed E-state index contributed by atoms with van der Waals surface area (Å²) in [5, 5.41) is 6.24. The van der Waals surface area contributed by atoms with Crippen molar-refractivity contribution in [2.45, 2.75) is 53.4 Å². The van der Waals surface area contributed by atoms with E-state index in [1.165, 1.54) is 27.1 Å². The highest BCUT2D eigenvalue weighted by Gasteiger charge is 2.06. The predicted octanol–water partition coefficient (Wildman–Crippen LogP) is 4.84. The minimum absolute atomic E-state index is 0.0166. The van der Waals surface area contributed by atoms with Crippen LogP contribution in [0.4, 0.5) is 0 Å². The number of carbonyl (C=O) groups is 1. The average molecular weight is 343 g/mol. The number of carbonyl (C=O) groups excluding carboxylic acids is 1. The summed E-state index contributed by atoms with van der Waals surface area (Å²) in [6.45, 7) is 8.39. The van der Waals surface area contributed by atoms with E-state index in [-0.39, 0.29) is 5.91 Å². The van der Waals surface area contributed by atoms with E-state index in [4.69, 9.17) is 0 Å². The van der Waals surface area contributed by atoms with Crippen molar-refractivity contribution in [2.75, 3.05) is 0 Å². The zero-order valence-corrected chi connectivity index (χ0v) is 15.8. The summed E-state index contributed by atoms with van der Waals surface area (Å²) in [4.78, 5) is 13.3. The van der Waals surface area contributed by atoms with E-state index in [1.54, 1.807) is 17.6 Å². The largest absolute Gasteiger partial charge is 0.273 e. The number of aryl methyl sites for hydroxylation is 3. The minimum atomic E-state index is -0.0166. The van der Waals surface area contributed by atoms with Crippen LogP contribution in [-0.4, -0.2) is 12.1 Å². The number of unbranched alkanes of at least 4 members (excludes halogenated alkanes) is 1. The smallest absolute Gasteiger partial charge is 0.240 e. The Labute approximate surface area is 148 Å². The van der Waals surface area contributed by atoms with E-state index < -0.39 is 0 Å². The molecule has 0 aliphatic heterocycles. The molecule has 0 aliphatic carbocycles. The zero-order chi connectivity index (χ0) is 17.5. The van der Waals surface area contributed by atoms with Gasteiger partial charge in [0, 0.05) is 16.9 Å². The lowest BCUT2D eigenvalue weighted by Gasteiger charge is -2.11. The minimum Gasteiger partial charge on any atom is -0.273 e. The van der Waals surface area contributed by atoms with Crippen molar-refractivity contribution >= 4 is 23.5 Å². The SMILES string of the molecule is Cc1cc(C)c(C)c(C=NNC(=O)CCCCc2cccs2)c1C. The average Bonchev–Trinajstić information content (AvgIpc) is 3.06. The summed E-state index contributed by atoms with van der Waals surface area (Å²) >= 11 is 1.77. The van der Waals surface area contributed by atoms with Gasteiger partial charge < -0.3 is 0 Å². The van der Waals surface area contributed by atoms with Gasteiger partial charge in [-0.25, -0.2) is 5.43 Å². The number of nitrogens with zero attached hydrogens (tertiary/aromatic N) is 1. The van der Waals surface area contributed by atoms with Crippen LogP contribution in [-0.2, 0) is 11.2 Å². The molecular weight excluding hydrogens is 316 g/mol. The summed E-state index contributed by atoms with van der Waals surface area (Å²) in [6, 6.07) is 6.40. The molecule has 1 aromatic heterocycles. The number of hydrogen-bond acceptors (Lipinski definition) is 3. The van der Waals surface area contributed by atoms with E-state index >= 15 is 0 Å². The van der Waals surface area contributed by atoms with Crippen LogP contribution in [0.25, 0.3) is 0 Å². The maximum atomic E-state index is 11.9. The fourth-order valence-corrected chi connectivity index (χ4v) is 3.46. The molecule has 0 aliphatic rings. The summed E-state index contributed by atoms with van der Waals surface area (Å²) in [5.74, 6) is -0.0166. The molecule has 4 heteroatoms. The fraction of sp³-hybridized carbons (Fsp3) is 0.400. The van der Waals surface area contributed by atoms with Crippen LogP contribution < -0.4 is 5.43 Å². The number of nitrogens with one attached hydrogen (secondary N) is 1. The number of rotatable bonds is 7. The van der Waals surface area contributed by atoms with E-state index in [0.29, 0.717) is 6.42 Å². The molecule has 128 valence electrons. The number of hydrazone groups is 1. The van der Waals surface area contributed by atoms with Crippen molar-refractivity contribution < 1.29 is 4.79 Å². The molecule has 1 aromatic carbocycles. The third kappa shape index (κ3) is 5.03. The van der Waals surface area contributed by atoms with Gasteiger partial charge in [-0.05, 0) is 80.7 Å².